The van der Waals surface area contributed by atoms with E-state index < -0.39 is 0 Å². The maximum absolute atomic E-state index is 11.9. The lowest BCUT2D eigenvalue weighted by Gasteiger charge is -2.36. The Labute approximate surface area is 153 Å². The van der Waals surface area contributed by atoms with Crippen LogP contribution >= 0.6 is 0 Å². The van der Waals surface area contributed by atoms with Crippen LogP contribution in [0, 0.1) is 0 Å². The maximum Gasteiger partial charge on any atom is 0.244 e. The van der Waals surface area contributed by atoms with Gasteiger partial charge in [-0.3, -0.25) is 9.48 Å². The highest BCUT2D eigenvalue weighted by Gasteiger charge is 2.22. The Balaban J connectivity index is 1.51. The van der Waals surface area contributed by atoms with Gasteiger partial charge in [0.25, 0.3) is 0 Å². The highest BCUT2D eigenvalue weighted by molar-refractivity contribution is 5.91. The topological polar surface area (TPSA) is 72.3 Å². The zero-order valence-corrected chi connectivity index (χ0v) is 15.4. The zero-order valence-electron chi connectivity index (χ0n) is 15.4. The molecule has 0 aromatic carbocycles. The van der Waals surface area contributed by atoms with Crippen LogP contribution in [0.3, 0.4) is 0 Å². The van der Waals surface area contributed by atoms with Gasteiger partial charge in [0.1, 0.15) is 5.82 Å². The number of anilines is 1. The summed E-state index contributed by atoms with van der Waals surface area (Å²) in [6.07, 6.45) is 9.02. The van der Waals surface area contributed by atoms with E-state index >= 15 is 0 Å². The fourth-order valence-corrected chi connectivity index (χ4v) is 3.02. The van der Waals surface area contributed by atoms with Gasteiger partial charge in [0.2, 0.25) is 5.91 Å². The molecular formula is C19H25N5O2. The quantitative estimate of drug-likeness (QED) is 0.828. The predicted octanol–water partition coefficient (Wildman–Crippen LogP) is 1.76. The van der Waals surface area contributed by atoms with Crippen molar-refractivity contribution in [2.75, 3.05) is 18.0 Å². The number of ether oxygens (including phenoxy) is 1. The van der Waals surface area contributed by atoms with Gasteiger partial charge in [-0.1, -0.05) is 6.07 Å². The summed E-state index contributed by atoms with van der Waals surface area (Å²) in [6.45, 7) is 6.27. The summed E-state index contributed by atoms with van der Waals surface area (Å²) in [4.78, 5) is 18.7. The van der Waals surface area contributed by atoms with E-state index in [2.05, 4.69) is 34.1 Å². The Bertz CT molecular complexity index is 758. The third-order valence-electron chi connectivity index (χ3n) is 4.17. The third-order valence-corrected chi connectivity index (χ3v) is 4.17. The summed E-state index contributed by atoms with van der Waals surface area (Å²) >= 11 is 0. The highest BCUT2D eigenvalue weighted by atomic mass is 16.5. The molecule has 0 radical (unpaired) electrons. The lowest BCUT2D eigenvalue weighted by atomic mass is 10.2. The molecule has 0 bridgehead atoms. The SMILES string of the molecule is CC1CN(c2ccc(CNC(=O)/C=C/c3cnn(C)c3)cn2)CC(C)O1. The van der Waals surface area contributed by atoms with Crippen molar-refractivity contribution in [3.05, 3.63) is 47.9 Å². The number of pyridine rings is 1. The van der Waals surface area contributed by atoms with Crippen molar-refractivity contribution in [1.29, 1.82) is 0 Å². The van der Waals surface area contributed by atoms with Crippen LogP contribution in [0.4, 0.5) is 5.82 Å². The zero-order chi connectivity index (χ0) is 18.5. The molecule has 7 nitrogen and oxygen atoms in total. The van der Waals surface area contributed by atoms with Gasteiger partial charge in [-0.2, -0.15) is 5.10 Å². The molecule has 2 aromatic rings. The Morgan fingerprint density at radius 2 is 2.08 bits per heavy atom. The number of morpholine rings is 1. The van der Waals surface area contributed by atoms with Gasteiger partial charge in [-0.05, 0) is 31.6 Å². The van der Waals surface area contributed by atoms with Gasteiger partial charge in [0.05, 0.1) is 18.4 Å². The van der Waals surface area contributed by atoms with E-state index in [1.807, 2.05) is 31.6 Å². The first-order chi connectivity index (χ1) is 12.5. The molecule has 1 aliphatic rings. The van der Waals surface area contributed by atoms with Crippen LogP contribution in [0.1, 0.15) is 25.0 Å². The largest absolute Gasteiger partial charge is 0.372 e. The van der Waals surface area contributed by atoms with Crippen molar-refractivity contribution in [2.24, 2.45) is 7.05 Å². The van der Waals surface area contributed by atoms with Crippen molar-refractivity contribution in [3.63, 3.8) is 0 Å². The average Bonchev–Trinajstić information content (AvgIpc) is 3.03. The Morgan fingerprint density at radius 3 is 2.69 bits per heavy atom. The highest BCUT2D eigenvalue weighted by Crippen LogP contribution is 2.18. The van der Waals surface area contributed by atoms with Crippen LogP contribution in [-0.2, 0) is 23.1 Å². The summed E-state index contributed by atoms with van der Waals surface area (Å²) in [7, 11) is 1.84. The lowest BCUT2D eigenvalue weighted by Crippen LogP contribution is -2.45. The molecule has 2 aromatic heterocycles. The number of aryl methyl sites for hydroxylation is 1. The van der Waals surface area contributed by atoms with Crippen molar-refractivity contribution in [1.82, 2.24) is 20.1 Å². The number of nitrogens with one attached hydrogen (secondary N) is 1. The molecule has 1 amide bonds. The summed E-state index contributed by atoms with van der Waals surface area (Å²) in [6, 6.07) is 4.00. The van der Waals surface area contributed by atoms with E-state index in [0.717, 1.165) is 30.0 Å². The van der Waals surface area contributed by atoms with E-state index in [4.69, 9.17) is 4.74 Å². The number of nitrogens with zero attached hydrogens (tertiary/aromatic N) is 4. The summed E-state index contributed by atoms with van der Waals surface area (Å²) in [5.74, 6) is 0.798. The molecule has 0 aliphatic carbocycles. The molecule has 3 heterocycles. The Morgan fingerprint density at radius 1 is 1.31 bits per heavy atom. The van der Waals surface area contributed by atoms with E-state index in [0.29, 0.717) is 6.54 Å². The van der Waals surface area contributed by atoms with Crippen molar-refractivity contribution >= 4 is 17.8 Å². The second kappa shape index (κ2) is 8.14. The van der Waals surface area contributed by atoms with Crippen LogP contribution in [0.15, 0.2) is 36.8 Å². The molecule has 0 spiro atoms. The van der Waals surface area contributed by atoms with Crippen molar-refractivity contribution in [3.8, 4) is 0 Å². The minimum atomic E-state index is -0.145. The third kappa shape index (κ3) is 4.92. The fraction of sp³-hybridized carbons (Fsp3) is 0.421. The molecule has 1 aliphatic heterocycles. The fourth-order valence-electron chi connectivity index (χ4n) is 3.02. The van der Waals surface area contributed by atoms with Gasteiger partial charge in [0.15, 0.2) is 0 Å². The molecular weight excluding hydrogens is 330 g/mol. The first kappa shape index (κ1) is 18.1. The summed E-state index contributed by atoms with van der Waals surface area (Å²) in [5.41, 5.74) is 1.86. The number of rotatable bonds is 5. The molecule has 2 atom stereocenters. The first-order valence-corrected chi connectivity index (χ1v) is 8.79. The normalized spacial score (nSPS) is 20.5. The average molecular weight is 355 g/mol. The summed E-state index contributed by atoms with van der Waals surface area (Å²) in [5, 5.41) is 6.92. The standard InChI is InChI=1S/C19H25N5O2/c1-14-11-24(12-15(2)26-14)18-6-4-16(8-20-18)9-21-19(25)7-5-17-10-22-23(3)13-17/h4-8,10,13-15H,9,11-12H2,1-3H3,(H,21,25)/b7-5+. The monoisotopic (exact) mass is 355 g/mol. The van der Waals surface area contributed by atoms with Gasteiger partial charge >= 0.3 is 0 Å². The van der Waals surface area contributed by atoms with Gasteiger partial charge < -0.3 is 15.0 Å². The van der Waals surface area contributed by atoms with Crippen LogP contribution in [0.25, 0.3) is 6.08 Å². The molecule has 0 saturated carbocycles. The second-order valence-corrected chi connectivity index (χ2v) is 6.69. The van der Waals surface area contributed by atoms with Gasteiger partial charge in [-0.25, -0.2) is 4.98 Å². The molecule has 26 heavy (non-hydrogen) atoms. The molecule has 1 N–H and O–H groups in total. The Hall–Kier alpha value is -2.67. The van der Waals surface area contributed by atoms with Crippen molar-refractivity contribution in [2.45, 2.75) is 32.6 Å². The number of hydrogen-bond donors (Lipinski definition) is 1. The van der Waals surface area contributed by atoms with Gasteiger partial charge in [-0.15, -0.1) is 0 Å². The van der Waals surface area contributed by atoms with Crippen LogP contribution in [0.5, 0.6) is 0 Å². The summed E-state index contributed by atoms with van der Waals surface area (Å²) < 4.78 is 7.45. The number of aromatic nitrogens is 3. The van der Waals surface area contributed by atoms with Crippen LogP contribution in [-0.4, -0.2) is 46.0 Å². The van der Waals surface area contributed by atoms with E-state index in [1.54, 1.807) is 17.0 Å². The maximum atomic E-state index is 11.9. The number of carbonyl (C=O) groups excluding carboxylic acids is 1. The van der Waals surface area contributed by atoms with E-state index in [1.165, 1.54) is 6.08 Å². The lowest BCUT2D eigenvalue weighted by molar-refractivity contribution is -0.116. The van der Waals surface area contributed by atoms with Crippen LogP contribution < -0.4 is 10.2 Å². The predicted molar refractivity (Wildman–Crippen MR) is 101 cm³/mol. The first-order valence-electron chi connectivity index (χ1n) is 8.79. The minimum absolute atomic E-state index is 0.145. The molecule has 1 fully saturated rings. The van der Waals surface area contributed by atoms with Crippen LogP contribution in [0.2, 0.25) is 0 Å². The van der Waals surface area contributed by atoms with E-state index in [-0.39, 0.29) is 18.1 Å². The minimum Gasteiger partial charge on any atom is -0.372 e. The molecule has 138 valence electrons. The molecule has 1 saturated heterocycles. The Kier molecular flexibility index (Phi) is 5.68. The second-order valence-electron chi connectivity index (χ2n) is 6.69. The number of amides is 1. The molecule has 7 heteroatoms. The number of carbonyl (C=O) groups is 1. The van der Waals surface area contributed by atoms with E-state index in [9.17, 15) is 4.79 Å². The van der Waals surface area contributed by atoms with Gasteiger partial charge in [0, 0.05) is 50.7 Å². The van der Waals surface area contributed by atoms with Crippen molar-refractivity contribution < 1.29 is 9.53 Å². The smallest absolute Gasteiger partial charge is 0.244 e. The number of hydrogen-bond acceptors (Lipinski definition) is 5. The molecule has 3 rings (SSSR count). The molecule has 2 unspecified atom stereocenters.